The molecule has 2 fully saturated rings. The zero-order chi connectivity index (χ0) is 42.0. The Kier molecular flexibility index (Phi) is 16.9. The summed E-state index contributed by atoms with van der Waals surface area (Å²) in [5.74, 6) is 5.93. The van der Waals surface area contributed by atoms with Gasteiger partial charge in [-0.05, 0) is 42.7 Å². The van der Waals surface area contributed by atoms with E-state index in [2.05, 4.69) is 57.4 Å². The number of thiazole rings is 1. The number of H-pyrrole nitrogens is 2. The monoisotopic (exact) mass is 838 g/mol. The summed E-state index contributed by atoms with van der Waals surface area (Å²) in [6, 6.07) is 17.4. The predicted molar refractivity (Wildman–Crippen MR) is 229 cm³/mol. The second kappa shape index (κ2) is 22.7. The van der Waals surface area contributed by atoms with Gasteiger partial charge in [0.2, 0.25) is 17.7 Å². The van der Waals surface area contributed by atoms with E-state index >= 15 is 0 Å². The first-order chi connectivity index (χ1) is 28.8. The van der Waals surface area contributed by atoms with Gasteiger partial charge in [0.05, 0.1) is 37.9 Å². The van der Waals surface area contributed by atoms with E-state index < -0.39 is 18.2 Å². The lowest BCUT2D eigenvalue weighted by molar-refractivity contribution is -0.135. The Labute approximate surface area is 352 Å². The molecule has 2 aromatic carbocycles. The summed E-state index contributed by atoms with van der Waals surface area (Å²) in [4.78, 5) is 69.7. The molecular formula is C42H50N10O5S2. The molecule has 0 bridgehead atoms. The van der Waals surface area contributed by atoms with Crippen molar-refractivity contribution in [1.82, 2.24) is 45.4 Å². The molecule has 310 valence electrons. The standard InChI is InChI=1S/C14H18N2O3.C14H18N2O2.C12H8N6S2.C2H6/c1-19-14(18)15-12(11-7-3-2-4-8-11)13(17)16-9-5-6-10-16;1-11(17)15-13(12-7-3-2-4-8-12)14(18)16-9-5-6-10-16;1(7-3-13-5-15-7)2-9-17-11-12(19-9)18-10(20-11)8-4-14-6-16-8;1-2/h2-4,7-8,12H,5-6,9-10H2,1H3,(H,15,18);2-4,7-8,13H,5-6,9-10H2,1H3,(H,15,17);3-6,9,17H,(H,13,15)(H,14,16);1-2H3. The van der Waals surface area contributed by atoms with Crippen LogP contribution in [0.5, 0.6) is 0 Å². The number of hydrogen-bond acceptors (Lipinski definition) is 11. The molecule has 3 atom stereocenters. The molecule has 0 aliphatic carbocycles. The highest BCUT2D eigenvalue weighted by Gasteiger charge is 2.30. The number of benzene rings is 2. The van der Waals surface area contributed by atoms with Crippen LogP contribution in [-0.2, 0) is 19.1 Å². The lowest BCUT2D eigenvalue weighted by Crippen LogP contribution is -2.41. The lowest BCUT2D eigenvalue weighted by Gasteiger charge is -2.23. The average molecular weight is 839 g/mol. The number of aromatic amines is 2. The number of imidazole rings is 2. The molecule has 2 saturated heterocycles. The van der Waals surface area contributed by atoms with Gasteiger partial charge in [0.15, 0.2) is 0 Å². The van der Waals surface area contributed by atoms with E-state index in [0.29, 0.717) is 0 Å². The quantitative estimate of drug-likeness (QED) is 0.115. The van der Waals surface area contributed by atoms with E-state index in [4.69, 9.17) is 0 Å². The van der Waals surface area contributed by atoms with E-state index in [0.717, 1.165) is 89.4 Å². The molecule has 3 aliphatic rings. The normalized spacial score (nSPS) is 15.8. The van der Waals surface area contributed by atoms with Crippen molar-refractivity contribution < 1.29 is 23.9 Å². The minimum absolute atomic E-state index is 0.00565. The number of fused-ring (bicyclic) bond motifs is 1. The van der Waals surface area contributed by atoms with Gasteiger partial charge in [0.1, 0.15) is 38.2 Å². The molecule has 4 amide bonds. The fourth-order valence-electron chi connectivity index (χ4n) is 6.25. The maximum atomic E-state index is 12.5. The lowest BCUT2D eigenvalue weighted by atomic mass is 10.1. The maximum absolute atomic E-state index is 12.5. The number of anilines is 1. The molecule has 5 N–H and O–H groups in total. The summed E-state index contributed by atoms with van der Waals surface area (Å²) in [6.45, 7) is 8.53. The predicted octanol–water partition coefficient (Wildman–Crippen LogP) is 6.37. The molecule has 8 rings (SSSR count). The van der Waals surface area contributed by atoms with Crippen LogP contribution in [0.15, 0.2) is 90.7 Å². The highest BCUT2D eigenvalue weighted by Crippen LogP contribution is 2.44. The van der Waals surface area contributed by atoms with E-state index in [1.807, 2.05) is 79.4 Å². The molecule has 3 aliphatic heterocycles. The zero-order valence-corrected chi connectivity index (χ0v) is 35.2. The smallest absolute Gasteiger partial charge is 0.407 e. The van der Waals surface area contributed by atoms with Gasteiger partial charge in [-0.25, -0.2) is 19.7 Å². The zero-order valence-electron chi connectivity index (χ0n) is 33.6. The average Bonchev–Trinajstić information content (AvgIpc) is 4.13. The minimum Gasteiger partial charge on any atom is -0.453 e. The summed E-state index contributed by atoms with van der Waals surface area (Å²) in [6.07, 6.45) is 10.3. The van der Waals surface area contributed by atoms with Crippen molar-refractivity contribution in [3.63, 3.8) is 0 Å². The van der Waals surface area contributed by atoms with Gasteiger partial charge in [-0.2, -0.15) is 0 Å². The SMILES string of the molecule is C(#CC1Nc2sc(-c3cnc[nH]3)nc2S1)c1cnc[nH]1.CC.CC(=O)NC(C(=O)N1CCCC1)c1ccccc1.COC(=O)NC(C(=O)N1CCCC1)c1ccccc1. The van der Waals surface area contributed by atoms with Crippen molar-refractivity contribution in [1.29, 1.82) is 0 Å². The summed E-state index contributed by atoms with van der Waals surface area (Å²) < 4.78 is 4.59. The molecular weight excluding hydrogens is 789 g/mol. The number of hydrogen-bond donors (Lipinski definition) is 5. The van der Waals surface area contributed by atoms with Gasteiger partial charge in [-0.3, -0.25) is 14.4 Å². The van der Waals surface area contributed by atoms with Crippen LogP contribution in [0.4, 0.5) is 9.80 Å². The Morgan fingerprint density at radius 1 is 0.797 bits per heavy atom. The van der Waals surface area contributed by atoms with Crippen LogP contribution in [0.1, 0.15) is 75.4 Å². The van der Waals surface area contributed by atoms with Crippen LogP contribution < -0.4 is 16.0 Å². The molecule has 0 spiro atoms. The molecule has 6 heterocycles. The van der Waals surface area contributed by atoms with Crippen LogP contribution in [0.2, 0.25) is 0 Å². The van der Waals surface area contributed by atoms with E-state index in [1.165, 1.54) is 14.0 Å². The molecule has 0 saturated carbocycles. The van der Waals surface area contributed by atoms with Gasteiger partial charge in [-0.15, -0.1) is 0 Å². The Bertz CT molecular complexity index is 2100. The van der Waals surface area contributed by atoms with Gasteiger partial charge >= 0.3 is 6.09 Å². The Balaban J connectivity index is 0.000000165. The fraction of sp³-hybridized carbons (Fsp3) is 0.357. The van der Waals surface area contributed by atoms with E-state index in [-0.39, 0.29) is 23.1 Å². The first kappa shape index (κ1) is 44.0. The first-order valence-corrected chi connectivity index (χ1v) is 21.2. The van der Waals surface area contributed by atoms with Crippen LogP contribution >= 0.6 is 23.1 Å². The number of rotatable bonds is 7. The number of nitrogens with zero attached hydrogens (tertiary/aromatic N) is 5. The second-order valence-electron chi connectivity index (χ2n) is 13.1. The molecule has 3 aromatic heterocycles. The number of carbonyl (C=O) groups excluding carboxylic acids is 4. The van der Waals surface area contributed by atoms with Crippen molar-refractivity contribution in [2.24, 2.45) is 0 Å². The van der Waals surface area contributed by atoms with Gasteiger partial charge < -0.3 is 40.5 Å². The third kappa shape index (κ3) is 12.7. The summed E-state index contributed by atoms with van der Waals surface area (Å²) in [5, 5.41) is 11.7. The number of carbonyl (C=O) groups is 4. The van der Waals surface area contributed by atoms with E-state index in [9.17, 15) is 19.2 Å². The number of thioether (sulfide) groups is 1. The molecule has 17 heteroatoms. The number of nitrogens with one attached hydrogen (secondary N) is 5. The summed E-state index contributed by atoms with van der Waals surface area (Å²) in [5.41, 5.74) is 3.36. The molecule has 59 heavy (non-hydrogen) atoms. The van der Waals surface area contributed by atoms with Crippen molar-refractivity contribution in [2.75, 3.05) is 38.6 Å². The van der Waals surface area contributed by atoms with Crippen LogP contribution in [-0.4, -0.2) is 97.2 Å². The molecule has 3 unspecified atom stereocenters. The molecule has 5 aromatic rings. The van der Waals surface area contributed by atoms with Gasteiger partial charge in [0.25, 0.3) is 0 Å². The second-order valence-corrected chi connectivity index (χ2v) is 15.2. The Morgan fingerprint density at radius 3 is 1.81 bits per heavy atom. The summed E-state index contributed by atoms with van der Waals surface area (Å²) in [7, 11) is 1.29. The fourth-order valence-corrected chi connectivity index (χ4v) is 8.34. The van der Waals surface area contributed by atoms with Crippen molar-refractivity contribution >= 4 is 51.9 Å². The number of likely N-dealkylation sites (tertiary alicyclic amines) is 2. The van der Waals surface area contributed by atoms with Crippen LogP contribution in [0, 0.1) is 11.8 Å². The number of methoxy groups -OCH3 is 1. The number of ether oxygens (including phenoxy) is 1. The van der Waals surface area contributed by atoms with Gasteiger partial charge in [-0.1, -0.05) is 104 Å². The maximum Gasteiger partial charge on any atom is 0.407 e. The first-order valence-electron chi connectivity index (χ1n) is 19.5. The van der Waals surface area contributed by atoms with Crippen molar-refractivity contribution in [3.8, 4) is 22.5 Å². The number of amides is 4. The Hall–Kier alpha value is -6.12. The Morgan fingerprint density at radius 2 is 1.34 bits per heavy atom. The van der Waals surface area contributed by atoms with Gasteiger partial charge in [0, 0.05) is 33.1 Å². The number of aromatic nitrogens is 5. The third-order valence-electron chi connectivity index (χ3n) is 9.04. The topological polar surface area (TPSA) is 190 Å². The van der Waals surface area contributed by atoms with Crippen molar-refractivity contribution in [2.45, 2.75) is 68.9 Å². The summed E-state index contributed by atoms with van der Waals surface area (Å²) >= 11 is 3.23. The van der Waals surface area contributed by atoms with E-state index in [1.54, 1.807) is 53.0 Å². The molecule has 15 nitrogen and oxygen atoms in total. The van der Waals surface area contributed by atoms with Crippen molar-refractivity contribution in [3.05, 3.63) is 103 Å². The minimum atomic E-state index is -0.674. The largest absolute Gasteiger partial charge is 0.453 e. The highest BCUT2D eigenvalue weighted by atomic mass is 32.2. The molecule has 0 radical (unpaired) electrons. The van der Waals surface area contributed by atoms with Crippen LogP contribution in [0.25, 0.3) is 10.7 Å². The number of alkyl carbamates (subject to hydrolysis) is 1. The van der Waals surface area contributed by atoms with Crippen LogP contribution in [0.3, 0.4) is 0 Å². The third-order valence-corrected chi connectivity index (χ3v) is 11.2. The highest BCUT2D eigenvalue weighted by molar-refractivity contribution is 8.00.